The number of hydrogen-bond acceptors (Lipinski definition) is 4. The molecule has 3 N–H and O–H groups in total. The van der Waals surface area contributed by atoms with Gasteiger partial charge in [-0.05, 0) is 74.9 Å². The van der Waals surface area contributed by atoms with Crippen molar-refractivity contribution in [3.63, 3.8) is 0 Å². The van der Waals surface area contributed by atoms with Gasteiger partial charge in [0, 0.05) is 25.7 Å². The number of rotatable bonds is 6. The highest BCUT2D eigenvalue weighted by molar-refractivity contribution is 7.80. The first-order valence-corrected chi connectivity index (χ1v) is 10.1. The minimum absolute atomic E-state index is 0.0482. The van der Waals surface area contributed by atoms with Crippen molar-refractivity contribution in [3.05, 3.63) is 23.3 Å². The third kappa shape index (κ3) is 5.35. The van der Waals surface area contributed by atoms with E-state index < -0.39 is 0 Å². The van der Waals surface area contributed by atoms with Gasteiger partial charge in [-0.15, -0.1) is 0 Å². The Morgan fingerprint density at radius 3 is 2.44 bits per heavy atom. The summed E-state index contributed by atoms with van der Waals surface area (Å²) in [5.74, 6) is 1.48. The Morgan fingerprint density at radius 1 is 1.19 bits per heavy atom. The standard InChI is InChI=1S/C19H30N4O2S2/c1-6-20-19(27)23-8-7-13-9-16(24-4)17(25-5)10-14(13)15(23)11-21-18(26)22-12(2)3/h9-10,12,15H,6-8,11H2,1-5H3,(H,20,27)(H2,21,22,26)/t15-/m1/s1. The molecule has 1 atom stereocenters. The van der Waals surface area contributed by atoms with E-state index in [9.17, 15) is 0 Å². The van der Waals surface area contributed by atoms with Crippen molar-refractivity contribution in [2.24, 2.45) is 0 Å². The van der Waals surface area contributed by atoms with Gasteiger partial charge >= 0.3 is 0 Å². The lowest BCUT2D eigenvalue weighted by molar-refractivity contribution is 0.290. The van der Waals surface area contributed by atoms with Gasteiger partial charge in [0.1, 0.15) is 0 Å². The normalized spacial score (nSPS) is 15.8. The summed E-state index contributed by atoms with van der Waals surface area (Å²) in [7, 11) is 3.32. The average molecular weight is 411 g/mol. The van der Waals surface area contributed by atoms with Gasteiger partial charge in [0.15, 0.2) is 21.7 Å². The first kappa shape index (κ1) is 21.5. The lowest BCUT2D eigenvalue weighted by Crippen LogP contribution is -2.50. The van der Waals surface area contributed by atoms with Crippen LogP contribution in [-0.2, 0) is 6.42 Å². The van der Waals surface area contributed by atoms with Crippen molar-refractivity contribution in [2.75, 3.05) is 33.9 Å². The van der Waals surface area contributed by atoms with Crippen LogP contribution in [-0.4, -0.2) is 55.0 Å². The molecule has 0 aliphatic carbocycles. The summed E-state index contributed by atoms with van der Waals surface area (Å²) in [6.07, 6.45) is 0.895. The largest absolute Gasteiger partial charge is 0.493 e. The Labute approximate surface area is 173 Å². The summed E-state index contributed by atoms with van der Waals surface area (Å²) in [4.78, 5) is 2.22. The number of ether oxygens (including phenoxy) is 2. The van der Waals surface area contributed by atoms with E-state index in [0.29, 0.717) is 11.7 Å². The molecule has 6 nitrogen and oxygen atoms in total. The van der Waals surface area contributed by atoms with Crippen LogP contribution in [0, 0.1) is 0 Å². The molecular formula is C19H30N4O2S2. The van der Waals surface area contributed by atoms with Crippen LogP contribution >= 0.6 is 24.4 Å². The molecule has 0 spiro atoms. The van der Waals surface area contributed by atoms with Gasteiger partial charge in [0.25, 0.3) is 0 Å². The second-order valence-corrected chi connectivity index (χ2v) is 7.50. The van der Waals surface area contributed by atoms with Crippen LogP contribution in [0.25, 0.3) is 0 Å². The maximum atomic E-state index is 5.62. The minimum Gasteiger partial charge on any atom is -0.493 e. The third-order valence-corrected chi connectivity index (χ3v) is 5.11. The minimum atomic E-state index is 0.0482. The fourth-order valence-corrected chi connectivity index (χ4v) is 3.93. The average Bonchev–Trinajstić information content (AvgIpc) is 2.64. The van der Waals surface area contributed by atoms with Gasteiger partial charge in [-0.1, -0.05) is 0 Å². The second-order valence-electron chi connectivity index (χ2n) is 6.71. The summed E-state index contributed by atoms with van der Waals surface area (Å²) in [6.45, 7) is 8.45. The monoisotopic (exact) mass is 410 g/mol. The van der Waals surface area contributed by atoms with Gasteiger partial charge in [-0.3, -0.25) is 0 Å². The van der Waals surface area contributed by atoms with Crippen molar-refractivity contribution in [1.82, 2.24) is 20.9 Å². The lowest BCUT2D eigenvalue weighted by Gasteiger charge is -2.39. The molecular weight excluding hydrogens is 380 g/mol. The van der Waals surface area contributed by atoms with Crippen LogP contribution in [0.5, 0.6) is 11.5 Å². The van der Waals surface area contributed by atoms with Crippen molar-refractivity contribution in [1.29, 1.82) is 0 Å². The van der Waals surface area contributed by atoms with Crippen molar-refractivity contribution >= 4 is 34.7 Å². The molecule has 0 fully saturated rings. The molecule has 0 saturated heterocycles. The zero-order valence-corrected chi connectivity index (χ0v) is 18.4. The molecule has 27 heavy (non-hydrogen) atoms. The van der Waals surface area contributed by atoms with Crippen LogP contribution < -0.4 is 25.4 Å². The number of nitrogens with one attached hydrogen (secondary N) is 3. The highest BCUT2D eigenvalue weighted by atomic mass is 32.1. The van der Waals surface area contributed by atoms with Crippen LogP contribution in [0.15, 0.2) is 12.1 Å². The number of thiocarbonyl (C=S) groups is 2. The SMILES string of the molecule is CCNC(=S)N1CCc2cc(OC)c(OC)cc2[C@H]1CNC(=S)NC(C)C. The molecule has 2 rings (SSSR count). The molecule has 0 radical (unpaired) electrons. The summed E-state index contributed by atoms with van der Waals surface area (Å²) in [5.41, 5.74) is 2.43. The van der Waals surface area contributed by atoms with Gasteiger partial charge in [0.2, 0.25) is 0 Å². The third-order valence-electron chi connectivity index (χ3n) is 4.47. The predicted molar refractivity (Wildman–Crippen MR) is 118 cm³/mol. The van der Waals surface area contributed by atoms with E-state index in [2.05, 4.69) is 46.8 Å². The van der Waals surface area contributed by atoms with Crippen LogP contribution in [0.1, 0.15) is 37.9 Å². The predicted octanol–water partition coefficient (Wildman–Crippen LogP) is 2.37. The number of benzene rings is 1. The quantitative estimate of drug-likeness (QED) is 0.618. The zero-order chi connectivity index (χ0) is 20.0. The fourth-order valence-electron chi connectivity index (χ4n) is 3.25. The number of methoxy groups -OCH3 is 2. The topological polar surface area (TPSA) is 57.8 Å². The summed E-state index contributed by atoms with van der Waals surface area (Å²) < 4.78 is 11.0. The summed E-state index contributed by atoms with van der Waals surface area (Å²) >= 11 is 11.0. The molecule has 0 amide bonds. The lowest BCUT2D eigenvalue weighted by atomic mass is 9.92. The molecule has 1 aromatic carbocycles. The van der Waals surface area contributed by atoms with E-state index in [1.54, 1.807) is 14.2 Å². The Hall–Kier alpha value is -1.80. The molecule has 1 heterocycles. The summed E-state index contributed by atoms with van der Waals surface area (Å²) in [6, 6.07) is 4.46. The van der Waals surface area contributed by atoms with E-state index >= 15 is 0 Å². The van der Waals surface area contributed by atoms with Gasteiger partial charge in [-0.25, -0.2) is 0 Å². The Bertz CT molecular complexity index is 682. The molecule has 0 saturated carbocycles. The van der Waals surface area contributed by atoms with Crippen LogP contribution in [0.3, 0.4) is 0 Å². The van der Waals surface area contributed by atoms with E-state index in [-0.39, 0.29) is 12.1 Å². The Balaban J connectivity index is 2.33. The maximum Gasteiger partial charge on any atom is 0.169 e. The van der Waals surface area contributed by atoms with Gasteiger partial charge in [0.05, 0.1) is 20.3 Å². The first-order chi connectivity index (χ1) is 12.9. The molecule has 0 unspecified atom stereocenters. The highest BCUT2D eigenvalue weighted by Crippen LogP contribution is 2.37. The maximum absolute atomic E-state index is 5.62. The highest BCUT2D eigenvalue weighted by Gasteiger charge is 2.30. The Kier molecular flexibility index (Phi) is 7.91. The molecule has 0 aromatic heterocycles. The second kappa shape index (κ2) is 9.94. The van der Waals surface area contributed by atoms with Gasteiger partial charge < -0.3 is 30.3 Å². The van der Waals surface area contributed by atoms with Gasteiger partial charge in [-0.2, -0.15) is 0 Å². The molecule has 8 heteroatoms. The van der Waals surface area contributed by atoms with E-state index in [0.717, 1.165) is 36.1 Å². The molecule has 1 aliphatic rings. The fraction of sp³-hybridized carbons (Fsp3) is 0.579. The van der Waals surface area contributed by atoms with Crippen molar-refractivity contribution in [2.45, 2.75) is 39.3 Å². The number of nitrogens with zero attached hydrogens (tertiary/aromatic N) is 1. The molecule has 1 aliphatic heterocycles. The smallest absolute Gasteiger partial charge is 0.169 e. The number of fused-ring (bicyclic) bond motifs is 1. The van der Waals surface area contributed by atoms with Crippen molar-refractivity contribution in [3.8, 4) is 11.5 Å². The zero-order valence-electron chi connectivity index (χ0n) is 16.7. The van der Waals surface area contributed by atoms with E-state index in [1.165, 1.54) is 11.1 Å². The van der Waals surface area contributed by atoms with E-state index in [1.807, 2.05) is 6.92 Å². The first-order valence-electron chi connectivity index (χ1n) is 9.24. The van der Waals surface area contributed by atoms with Crippen LogP contribution in [0.2, 0.25) is 0 Å². The van der Waals surface area contributed by atoms with Crippen molar-refractivity contribution < 1.29 is 9.47 Å². The Morgan fingerprint density at radius 2 is 1.85 bits per heavy atom. The molecule has 150 valence electrons. The van der Waals surface area contributed by atoms with E-state index in [4.69, 9.17) is 33.9 Å². The van der Waals surface area contributed by atoms with Crippen LogP contribution in [0.4, 0.5) is 0 Å². The summed E-state index contributed by atoms with van der Waals surface area (Å²) in [5, 5.41) is 11.2. The number of hydrogen-bond donors (Lipinski definition) is 3. The molecule has 0 bridgehead atoms. The molecule has 1 aromatic rings.